The number of nitriles is 3. The highest BCUT2D eigenvalue weighted by Crippen LogP contribution is 2.20. The smallest absolute Gasteiger partial charge is 0.420 e. The number of imide groups is 1. The molecule has 274 valence electrons. The van der Waals surface area contributed by atoms with Crippen molar-refractivity contribution in [2.45, 2.75) is 109 Å². The van der Waals surface area contributed by atoms with Crippen molar-refractivity contribution in [3.05, 3.63) is 0 Å². The molecule has 3 N–H and O–H groups in total. The predicted molar refractivity (Wildman–Crippen MR) is 184 cm³/mol. The van der Waals surface area contributed by atoms with E-state index >= 15 is 0 Å². The van der Waals surface area contributed by atoms with Crippen molar-refractivity contribution in [2.75, 3.05) is 44.4 Å². The van der Waals surface area contributed by atoms with E-state index in [0.717, 1.165) is 38.8 Å². The Hall–Kier alpha value is -3.65. The fourth-order valence-corrected chi connectivity index (χ4v) is 5.20. The Bertz CT molecular complexity index is 1180. The molecular formula is C32H51BrClN8O7+. The first-order valence-corrected chi connectivity index (χ1v) is 17.8. The lowest BCUT2D eigenvalue weighted by atomic mass is 10.2. The molecule has 0 aromatic rings. The van der Waals surface area contributed by atoms with Crippen molar-refractivity contribution >= 4 is 57.4 Å². The average Bonchev–Trinajstić information content (AvgIpc) is 3.83. The van der Waals surface area contributed by atoms with Crippen molar-refractivity contribution in [3.8, 4) is 18.2 Å². The van der Waals surface area contributed by atoms with E-state index in [2.05, 4.69) is 51.5 Å². The molecule has 3 aliphatic rings. The van der Waals surface area contributed by atoms with Gasteiger partial charge < -0.3 is 29.9 Å². The van der Waals surface area contributed by atoms with Crippen LogP contribution in [0.3, 0.4) is 0 Å². The van der Waals surface area contributed by atoms with Gasteiger partial charge in [0.1, 0.15) is 35.9 Å². The third-order valence-electron chi connectivity index (χ3n) is 7.02. The number of carbonyl (C=O) groups excluding carboxylic acids is 5. The Morgan fingerprint density at radius 3 is 1.33 bits per heavy atom. The van der Waals surface area contributed by atoms with Crippen LogP contribution in [-0.4, -0.2) is 123 Å². The molecule has 0 aliphatic carbocycles. The molecule has 17 heteroatoms. The van der Waals surface area contributed by atoms with E-state index in [1.807, 2.05) is 0 Å². The topological polar surface area (TPSA) is 216 Å². The number of amides is 5. The average molecular weight is 775 g/mol. The molecular weight excluding hydrogens is 724 g/mol. The minimum absolute atomic E-state index is 0.00551. The highest BCUT2D eigenvalue weighted by atomic mass is 79.9. The van der Waals surface area contributed by atoms with Crippen molar-refractivity contribution in [1.29, 1.82) is 15.8 Å². The molecule has 0 bridgehead atoms. The maximum absolute atomic E-state index is 12.5. The normalized spacial score (nSPS) is 19.6. The number of nitrogens with zero attached hydrogens (tertiary/aromatic N) is 7. The summed E-state index contributed by atoms with van der Waals surface area (Å²) < 4.78 is 10.4. The number of likely N-dealkylation sites (tertiary alicyclic amines) is 3. The highest BCUT2D eigenvalue weighted by molar-refractivity contribution is 9.09. The lowest BCUT2D eigenvalue weighted by molar-refractivity contribution is -0.357. The van der Waals surface area contributed by atoms with Crippen molar-refractivity contribution < 1.29 is 39.2 Å². The van der Waals surface area contributed by atoms with Gasteiger partial charge in [0.2, 0.25) is 11.8 Å². The second-order valence-electron chi connectivity index (χ2n) is 13.1. The van der Waals surface area contributed by atoms with Gasteiger partial charge in [-0.05, 0) is 80.1 Å². The standard InChI is InChI=1S/C17H27N3O5.C7H9BrN2O.C7H11N3O.CH3Cl/c1-16(2,3)24-14(22)20(15(23)25-17(4,5)6)11-13(21)19-9-7-8-12(19)10-18;8-4-7(11)10-3-1-2-6(10)5-9;8-4-6-2-1-3-10(6)7(11)5-9;1-2/h12H,7-9,11H2,1-6H3;6H,1-4H2;6H,1-3,5,9H2;1H3/p+1/t12-;2*6-;/m000./s1. The Morgan fingerprint density at radius 2 is 1.04 bits per heavy atom. The number of halogens is 2. The van der Waals surface area contributed by atoms with Gasteiger partial charge in [0.25, 0.3) is 5.91 Å². The molecule has 3 rings (SSSR count). The molecule has 3 aliphatic heterocycles. The van der Waals surface area contributed by atoms with Gasteiger partial charge in [-0.2, -0.15) is 15.8 Å². The second kappa shape index (κ2) is 22.1. The van der Waals surface area contributed by atoms with E-state index in [1.54, 1.807) is 51.3 Å². The van der Waals surface area contributed by atoms with Crippen LogP contribution in [0.5, 0.6) is 0 Å². The number of hydrogen-bond acceptors (Lipinski definition) is 10. The summed E-state index contributed by atoms with van der Waals surface area (Å²) in [5.74, 6) is -0.469. The Kier molecular flexibility index (Phi) is 20.5. The number of ether oxygens (including phenoxy) is 2. The van der Waals surface area contributed by atoms with Crippen LogP contribution < -0.4 is 5.73 Å². The van der Waals surface area contributed by atoms with Crippen LogP contribution in [-0.2, 0) is 23.9 Å². The maximum Gasteiger partial charge on any atom is 0.420 e. The molecule has 0 unspecified atom stereocenters. The molecule has 0 radical (unpaired) electrons. The summed E-state index contributed by atoms with van der Waals surface area (Å²) in [6, 6.07) is 5.37. The molecule has 0 aromatic carbocycles. The van der Waals surface area contributed by atoms with Crippen LogP contribution in [0.2, 0.25) is 0 Å². The molecule has 5 amide bonds. The summed E-state index contributed by atoms with van der Waals surface area (Å²) in [4.78, 5) is 64.7. The van der Waals surface area contributed by atoms with Gasteiger partial charge in [-0.25, -0.2) is 14.5 Å². The minimum Gasteiger partial charge on any atom is -0.443 e. The lowest BCUT2D eigenvalue weighted by Crippen LogP contribution is -2.58. The fraction of sp³-hybridized carbons (Fsp3) is 0.750. The van der Waals surface area contributed by atoms with Gasteiger partial charge in [-0.3, -0.25) is 14.4 Å². The molecule has 3 heterocycles. The van der Waals surface area contributed by atoms with Gasteiger partial charge in [-0.1, -0.05) is 15.9 Å². The molecule has 3 fully saturated rings. The van der Waals surface area contributed by atoms with E-state index in [-0.39, 0.29) is 30.4 Å². The van der Waals surface area contributed by atoms with Crippen LogP contribution in [0.4, 0.5) is 9.59 Å². The first-order chi connectivity index (χ1) is 22.9. The van der Waals surface area contributed by atoms with E-state index in [4.69, 9.17) is 25.3 Å². The number of hydrogen-bond donors (Lipinski definition) is 1. The summed E-state index contributed by atoms with van der Waals surface area (Å²) in [6.07, 6.45) is 4.41. The summed E-state index contributed by atoms with van der Waals surface area (Å²) in [7, 11) is 0. The number of alkyl halides is 2. The summed E-state index contributed by atoms with van der Waals surface area (Å²) >= 11 is 7.72. The third kappa shape index (κ3) is 16.1. The van der Waals surface area contributed by atoms with E-state index < -0.39 is 41.9 Å². The highest BCUT2D eigenvalue weighted by Gasteiger charge is 2.36. The number of carbonyl (C=O) groups is 5. The van der Waals surface area contributed by atoms with Crippen molar-refractivity contribution in [3.63, 3.8) is 0 Å². The van der Waals surface area contributed by atoms with Crippen LogP contribution in [0.1, 0.15) is 80.1 Å². The van der Waals surface area contributed by atoms with Crippen LogP contribution in [0.15, 0.2) is 0 Å². The summed E-state index contributed by atoms with van der Waals surface area (Å²) in [6.45, 7) is 11.6. The van der Waals surface area contributed by atoms with Crippen molar-refractivity contribution in [2.24, 2.45) is 0 Å². The number of rotatable bonds is 4. The summed E-state index contributed by atoms with van der Waals surface area (Å²) in [5, 5.41) is 26.7. The van der Waals surface area contributed by atoms with Gasteiger partial charge in [0, 0.05) is 26.0 Å². The number of quaternary nitrogens is 1. The molecule has 3 atom stereocenters. The second-order valence-corrected chi connectivity index (χ2v) is 13.6. The van der Waals surface area contributed by atoms with Crippen LogP contribution in [0, 0.1) is 34.0 Å². The van der Waals surface area contributed by atoms with Crippen molar-refractivity contribution in [1.82, 2.24) is 19.6 Å². The summed E-state index contributed by atoms with van der Waals surface area (Å²) in [5.41, 5.74) is 1.84. The molecule has 0 aromatic heterocycles. The maximum atomic E-state index is 12.5. The van der Waals surface area contributed by atoms with Gasteiger partial charge in [0.05, 0.1) is 23.5 Å². The third-order valence-corrected chi connectivity index (χ3v) is 7.50. The van der Waals surface area contributed by atoms with Gasteiger partial charge in [-0.15, -0.1) is 11.6 Å². The Labute approximate surface area is 303 Å². The Morgan fingerprint density at radius 1 is 0.714 bits per heavy atom. The van der Waals surface area contributed by atoms with Gasteiger partial charge in [0.15, 0.2) is 6.54 Å². The molecule has 49 heavy (non-hydrogen) atoms. The van der Waals surface area contributed by atoms with Crippen LogP contribution >= 0.6 is 27.5 Å². The van der Waals surface area contributed by atoms with Crippen LogP contribution in [0.25, 0.3) is 0 Å². The molecule has 15 nitrogen and oxygen atoms in total. The zero-order valence-corrected chi connectivity index (χ0v) is 32.0. The zero-order chi connectivity index (χ0) is 37.9. The monoisotopic (exact) mass is 773 g/mol. The molecule has 0 saturated carbocycles. The quantitative estimate of drug-likeness (QED) is 0.412. The predicted octanol–water partition coefficient (Wildman–Crippen LogP) is 3.17. The minimum atomic E-state index is -0.956. The fourth-order valence-electron chi connectivity index (χ4n) is 4.88. The molecule has 3 saturated heterocycles. The largest absolute Gasteiger partial charge is 0.443 e. The van der Waals surface area contributed by atoms with E-state index in [9.17, 15) is 24.0 Å². The van der Waals surface area contributed by atoms with Gasteiger partial charge >= 0.3 is 12.2 Å². The van der Waals surface area contributed by atoms with E-state index in [1.165, 1.54) is 11.3 Å². The van der Waals surface area contributed by atoms with E-state index in [0.29, 0.717) is 29.6 Å². The Balaban J connectivity index is 0.000000788. The first kappa shape index (κ1) is 45.3. The first-order valence-electron chi connectivity index (χ1n) is 16.0. The SMILES string of the molecule is CC(C)(C)OC(=O)N(CC(=O)N1CCC[C@H]1C#N)C(=O)OC(C)(C)C.CCl.N#C[C@@H]1CCCN1C(=O)CBr.N#C[C@@H]1CCCN1C(=O)C[NH3+]. The zero-order valence-electron chi connectivity index (χ0n) is 29.7. The molecule has 0 spiro atoms. The lowest BCUT2D eigenvalue weighted by Gasteiger charge is -2.29.